The molecule has 0 bridgehead atoms. The highest BCUT2D eigenvalue weighted by Crippen LogP contribution is 2.38. The standard InChI is InChI=1S/C14H2F8/c15-3-1-5(17)11(19)9-7(3)8-4(16)2-6(18)12(20)10(8)14(22)13(9)21/h1-2H. The Bertz CT molecular complexity index is 882. The second-order valence-corrected chi connectivity index (χ2v) is 4.44. The second-order valence-electron chi connectivity index (χ2n) is 4.44. The fourth-order valence-corrected chi connectivity index (χ4v) is 2.31. The van der Waals surface area contributed by atoms with Crippen molar-refractivity contribution in [2.75, 3.05) is 0 Å². The summed E-state index contributed by atoms with van der Waals surface area (Å²) in [5.41, 5.74) is 0. The quantitative estimate of drug-likeness (QED) is 0.307. The summed E-state index contributed by atoms with van der Waals surface area (Å²) in [5.74, 6) is -15.2. The van der Waals surface area contributed by atoms with Crippen LogP contribution in [-0.4, -0.2) is 0 Å². The van der Waals surface area contributed by atoms with Gasteiger partial charge in [-0.2, -0.15) is 0 Å². The van der Waals surface area contributed by atoms with E-state index >= 15 is 0 Å². The highest BCUT2D eigenvalue weighted by Gasteiger charge is 2.28. The van der Waals surface area contributed by atoms with Crippen molar-refractivity contribution in [3.05, 3.63) is 58.7 Å². The summed E-state index contributed by atoms with van der Waals surface area (Å²) in [6, 6.07) is -0.0652. The SMILES string of the molecule is Fc1cc(F)c2c(c1F)c(F)c(F)c1c(F)c(F)cc(F)c12. The zero-order chi connectivity index (χ0) is 16.3. The van der Waals surface area contributed by atoms with Gasteiger partial charge in [-0.25, -0.2) is 35.1 Å². The Balaban J connectivity index is 2.81. The third kappa shape index (κ3) is 1.69. The summed E-state index contributed by atoms with van der Waals surface area (Å²) in [4.78, 5) is 0. The summed E-state index contributed by atoms with van der Waals surface area (Å²) in [5, 5.41) is -5.48. The molecule has 0 spiro atoms. The van der Waals surface area contributed by atoms with E-state index in [-0.39, 0.29) is 12.1 Å². The fraction of sp³-hybridized carbons (Fsp3) is 0. The lowest BCUT2D eigenvalue weighted by atomic mass is 9.98. The number of halogens is 8. The predicted octanol–water partition coefficient (Wildman–Crippen LogP) is 5.11. The van der Waals surface area contributed by atoms with Crippen LogP contribution in [0.15, 0.2) is 12.1 Å². The van der Waals surface area contributed by atoms with E-state index in [0.717, 1.165) is 0 Å². The summed E-state index contributed by atoms with van der Waals surface area (Å²) < 4.78 is 109. The molecule has 3 rings (SSSR count). The molecule has 0 N–H and O–H groups in total. The van der Waals surface area contributed by atoms with E-state index in [0.29, 0.717) is 0 Å². The van der Waals surface area contributed by atoms with E-state index in [1.165, 1.54) is 0 Å². The van der Waals surface area contributed by atoms with Gasteiger partial charge in [-0.1, -0.05) is 0 Å². The Morgan fingerprint density at radius 1 is 0.364 bits per heavy atom. The molecule has 8 heteroatoms. The van der Waals surface area contributed by atoms with Crippen molar-refractivity contribution in [2.45, 2.75) is 0 Å². The molecule has 0 unspecified atom stereocenters. The van der Waals surface area contributed by atoms with Crippen LogP contribution in [0.25, 0.3) is 21.5 Å². The maximum atomic E-state index is 13.8. The number of fused-ring (bicyclic) bond motifs is 3. The number of benzene rings is 3. The van der Waals surface area contributed by atoms with Crippen molar-refractivity contribution in [1.29, 1.82) is 0 Å². The Morgan fingerprint density at radius 3 is 1.00 bits per heavy atom. The molecule has 0 atom stereocenters. The molecule has 0 fully saturated rings. The van der Waals surface area contributed by atoms with E-state index in [1.807, 2.05) is 0 Å². The molecule has 0 saturated carbocycles. The minimum atomic E-state index is -2.15. The monoisotopic (exact) mass is 322 g/mol. The first-order valence-electron chi connectivity index (χ1n) is 5.67. The maximum absolute atomic E-state index is 13.8. The Labute approximate surface area is 116 Å². The van der Waals surface area contributed by atoms with Gasteiger partial charge in [0.05, 0.1) is 10.8 Å². The van der Waals surface area contributed by atoms with E-state index in [2.05, 4.69) is 0 Å². The average Bonchev–Trinajstić information content (AvgIpc) is 2.44. The van der Waals surface area contributed by atoms with Crippen LogP contribution in [-0.2, 0) is 0 Å². The van der Waals surface area contributed by atoms with Gasteiger partial charge in [0.2, 0.25) is 0 Å². The molecular formula is C14H2F8. The lowest BCUT2D eigenvalue weighted by molar-refractivity contribution is 0.479. The van der Waals surface area contributed by atoms with Crippen LogP contribution in [0, 0.1) is 46.5 Å². The lowest BCUT2D eigenvalue weighted by Gasteiger charge is -2.11. The summed E-state index contributed by atoms with van der Waals surface area (Å²) in [6.45, 7) is 0. The molecule has 0 aliphatic heterocycles. The maximum Gasteiger partial charge on any atom is 0.170 e. The third-order valence-electron chi connectivity index (χ3n) is 3.22. The highest BCUT2D eigenvalue weighted by atomic mass is 19.2. The molecule has 0 aliphatic carbocycles. The Kier molecular flexibility index (Phi) is 3.01. The van der Waals surface area contributed by atoms with Crippen LogP contribution < -0.4 is 0 Å². The smallest absolute Gasteiger partial charge is 0.170 e. The van der Waals surface area contributed by atoms with Gasteiger partial charge >= 0.3 is 0 Å². The highest BCUT2D eigenvalue weighted by molar-refractivity contribution is 6.09. The van der Waals surface area contributed by atoms with Gasteiger partial charge in [0.25, 0.3) is 0 Å². The van der Waals surface area contributed by atoms with E-state index in [4.69, 9.17) is 0 Å². The average molecular weight is 322 g/mol. The minimum Gasteiger partial charge on any atom is -0.206 e. The number of rotatable bonds is 0. The van der Waals surface area contributed by atoms with Crippen LogP contribution >= 0.6 is 0 Å². The first-order chi connectivity index (χ1) is 10.3. The molecule has 0 aromatic heterocycles. The molecule has 3 aromatic carbocycles. The van der Waals surface area contributed by atoms with Crippen LogP contribution in [0.1, 0.15) is 0 Å². The van der Waals surface area contributed by atoms with Crippen molar-refractivity contribution in [2.24, 2.45) is 0 Å². The zero-order valence-corrected chi connectivity index (χ0v) is 10.2. The largest absolute Gasteiger partial charge is 0.206 e. The zero-order valence-electron chi connectivity index (χ0n) is 10.2. The van der Waals surface area contributed by atoms with Crippen molar-refractivity contribution in [3.63, 3.8) is 0 Å². The van der Waals surface area contributed by atoms with Gasteiger partial charge in [0.1, 0.15) is 11.6 Å². The van der Waals surface area contributed by atoms with Gasteiger partial charge in [0, 0.05) is 22.9 Å². The van der Waals surface area contributed by atoms with E-state index in [1.54, 1.807) is 0 Å². The summed E-state index contributed by atoms with van der Waals surface area (Å²) in [6.07, 6.45) is 0. The van der Waals surface area contributed by atoms with E-state index < -0.39 is 68.1 Å². The third-order valence-corrected chi connectivity index (χ3v) is 3.22. The summed E-state index contributed by atoms with van der Waals surface area (Å²) in [7, 11) is 0. The topological polar surface area (TPSA) is 0 Å². The van der Waals surface area contributed by atoms with Gasteiger partial charge in [-0.3, -0.25) is 0 Å². The fourth-order valence-electron chi connectivity index (χ4n) is 2.31. The van der Waals surface area contributed by atoms with Gasteiger partial charge in [0.15, 0.2) is 34.9 Å². The first kappa shape index (κ1) is 14.6. The Morgan fingerprint density at radius 2 is 0.682 bits per heavy atom. The van der Waals surface area contributed by atoms with Crippen molar-refractivity contribution in [1.82, 2.24) is 0 Å². The molecule has 0 heterocycles. The van der Waals surface area contributed by atoms with E-state index in [9.17, 15) is 35.1 Å². The predicted molar refractivity (Wildman–Crippen MR) is 61.1 cm³/mol. The molecule has 114 valence electrons. The van der Waals surface area contributed by atoms with Crippen LogP contribution in [0.5, 0.6) is 0 Å². The first-order valence-corrected chi connectivity index (χ1v) is 5.67. The second kappa shape index (κ2) is 4.56. The van der Waals surface area contributed by atoms with Crippen LogP contribution in [0.2, 0.25) is 0 Å². The molecule has 3 aromatic rings. The number of hydrogen-bond acceptors (Lipinski definition) is 0. The van der Waals surface area contributed by atoms with Gasteiger partial charge < -0.3 is 0 Å². The number of hydrogen-bond donors (Lipinski definition) is 0. The van der Waals surface area contributed by atoms with Crippen molar-refractivity contribution >= 4 is 21.5 Å². The molecule has 22 heavy (non-hydrogen) atoms. The van der Waals surface area contributed by atoms with Crippen LogP contribution in [0.4, 0.5) is 35.1 Å². The Hall–Kier alpha value is -2.38. The normalized spacial score (nSPS) is 11.6. The molecule has 0 aliphatic rings. The lowest BCUT2D eigenvalue weighted by Crippen LogP contribution is -2.02. The molecular weight excluding hydrogens is 320 g/mol. The van der Waals surface area contributed by atoms with Crippen molar-refractivity contribution < 1.29 is 35.1 Å². The summed E-state index contributed by atoms with van der Waals surface area (Å²) >= 11 is 0. The molecule has 0 saturated heterocycles. The molecule has 0 nitrogen and oxygen atoms in total. The van der Waals surface area contributed by atoms with Crippen LogP contribution in [0.3, 0.4) is 0 Å². The molecule has 0 radical (unpaired) electrons. The van der Waals surface area contributed by atoms with Gasteiger partial charge in [-0.05, 0) is 0 Å². The van der Waals surface area contributed by atoms with Gasteiger partial charge in [-0.15, -0.1) is 0 Å². The molecule has 0 amide bonds. The minimum absolute atomic E-state index is 0.0326. The van der Waals surface area contributed by atoms with Crippen molar-refractivity contribution in [3.8, 4) is 0 Å².